The van der Waals surface area contributed by atoms with E-state index in [0.717, 1.165) is 12.0 Å². The minimum atomic E-state index is 0.200. The zero-order valence-electron chi connectivity index (χ0n) is 11.0. The number of hydrogen-bond acceptors (Lipinski definition) is 4. The molecule has 0 aliphatic rings. The molecule has 0 aliphatic carbocycles. The summed E-state index contributed by atoms with van der Waals surface area (Å²) in [5.74, 6) is 0. The van der Waals surface area contributed by atoms with Gasteiger partial charge in [-0.3, -0.25) is 4.79 Å². The number of aldehydes is 1. The second-order valence-corrected chi connectivity index (χ2v) is 4.35. The highest BCUT2D eigenvalue weighted by atomic mass is 16.5. The summed E-state index contributed by atoms with van der Waals surface area (Å²) >= 11 is 0. The van der Waals surface area contributed by atoms with Crippen LogP contribution in [0.25, 0.3) is 0 Å². The smallest absolute Gasteiger partial charge is 0.150 e. The number of nitrogens with zero attached hydrogens (tertiary/aromatic N) is 2. The Hall–Kier alpha value is -1.86. The van der Waals surface area contributed by atoms with Gasteiger partial charge in [-0.05, 0) is 32.0 Å². The number of benzene rings is 1. The molecule has 0 amide bonds. The molecule has 0 spiro atoms. The van der Waals surface area contributed by atoms with E-state index in [9.17, 15) is 4.79 Å². The highest BCUT2D eigenvalue weighted by Gasteiger charge is 2.08. The van der Waals surface area contributed by atoms with Crippen molar-refractivity contribution in [2.24, 2.45) is 0 Å². The SMILES string of the molecule is CC(C)OCCN(C)c1ccc(C=O)cc1C#N. The molecule has 0 radical (unpaired) electrons. The third-order valence-electron chi connectivity index (χ3n) is 2.57. The highest BCUT2D eigenvalue weighted by molar-refractivity contribution is 5.78. The molecule has 0 bridgehead atoms. The molecular formula is C14H18N2O2. The Morgan fingerprint density at radius 3 is 2.78 bits per heavy atom. The Kier molecular flexibility index (Phi) is 5.34. The molecule has 0 atom stereocenters. The van der Waals surface area contributed by atoms with Gasteiger partial charge in [-0.1, -0.05) is 0 Å². The Morgan fingerprint density at radius 1 is 1.50 bits per heavy atom. The molecule has 0 N–H and O–H groups in total. The molecule has 96 valence electrons. The summed E-state index contributed by atoms with van der Waals surface area (Å²) in [6.07, 6.45) is 0.943. The van der Waals surface area contributed by atoms with Crippen molar-refractivity contribution in [3.05, 3.63) is 29.3 Å². The van der Waals surface area contributed by atoms with Gasteiger partial charge < -0.3 is 9.64 Å². The highest BCUT2D eigenvalue weighted by Crippen LogP contribution is 2.19. The lowest BCUT2D eigenvalue weighted by atomic mass is 10.1. The number of hydrogen-bond donors (Lipinski definition) is 0. The first kappa shape index (κ1) is 14.2. The largest absolute Gasteiger partial charge is 0.377 e. The number of carbonyl (C=O) groups is 1. The number of carbonyl (C=O) groups excluding carboxylic acids is 1. The maximum Gasteiger partial charge on any atom is 0.150 e. The van der Waals surface area contributed by atoms with E-state index >= 15 is 0 Å². The van der Waals surface area contributed by atoms with E-state index in [-0.39, 0.29) is 6.10 Å². The Bertz CT molecular complexity index is 450. The van der Waals surface area contributed by atoms with Crippen LogP contribution in [-0.2, 0) is 4.74 Å². The molecular weight excluding hydrogens is 228 g/mol. The molecule has 18 heavy (non-hydrogen) atoms. The zero-order chi connectivity index (χ0) is 13.5. The van der Waals surface area contributed by atoms with Crippen LogP contribution in [0.4, 0.5) is 5.69 Å². The van der Waals surface area contributed by atoms with Gasteiger partial charge in [-0.2, -0.15) is 5.26 Å². The van der Waals surface area contributed by atoms with Gasteiger partial charge in [-0.15, -0.1) is 0 Å². The van der Waals surface area contributed by atoms with E-state index < -0.39 is 0 Å². The van der Waals surface area contributed by atoms with Crippen LogP contribution >= 0.6 is 0 Å². The molecule has 0 heterocycles. The topological polar surface area (TPSA) is 53.3 Å². The van der Waals surface area contributed by atoms with Gasteiger partial charge in [0.1, 0.15) is 12.4 Å². The average Bonchev–Trinajstić information content (AvgIpc) is 2.37. The van der Waals surface area contributed by atoms with Crippen molar-refractivity contribution in [3.63, 3.8) is 0 Å². The summed E-state index contributed by atoms with van der Waals surface area (Å²) < 4.78 is 5.47. The number of likely N-dealkylation sites (N-methyl/N-ethyl adjacent to an activating group) is 1. The van der Waals surface area contributed by atoms with Gasteiger partial charge in [0, 0.05) is 19.2 Å². The van der Waals surface area contributed by atoms with Crippen molar-refractivity contribution in [1.82, 2.24) is 0 Å². The third kappa shape index (κ3) is 3.86. The van der Waals surface area contributed by atoms with E-state index in [1.807, 2.05) is 25.8 Å². The first-order chi connectivity index (χ1) is 8.58. The predicted molar refractivity (Wildman–Crippen MR) is 70.9 cm³/mol. The van der Waals surface area contributed by atoms with E-state index in [1.54, 1.807) is 18.2 Å². The lowest BCUT2D eigenvalue weighted by Crippen LogP contribution is -2.24. The second-order valence-electron chi connectivity index (χ2n) is 4.35. The van der Waals surface area contributed by atoms with Crippen molar-refractivity contribution < 1.29 is 9.53 Å². The number of rotatable bonds is 6. The summed E-state index contributed by atoms with van der Waals surface area (Å²) in [6, 6.07) is 7.21. The van der Waals surface area contributed by atoms with Crippen LogP contribution in [0.1, 0.15) is 29.8 Å². The standard InChI is InChI=1S/C14H18N2O2/c1-11(2)18-7-6-16(3)14-5-4-12(10-17)8-13(14)9-15/h4-5,8,10-11H,6-7H2,1-3H3. The van der Waals surface area contributed by atoms with Gasteiger partial charge in [0.05, 0.1) is 24.0 Å². The average molecular weight is 246 g/mol. The molecule has 0 unspecified atom stereocenters. The maximum atomic E-state index is 10.7. The monoisotopic (exact) mass is 246 g/mol. The Labute approximate surface area is 108 Å². The number of nitriles is 1. The van der Waals surface area contributed by atoms with Crippen molar-refractivity contribution in [1.29, 1.82) is 5.26 Å². The molecule has 4 heteroatoms. The molecule has 1 rings (SSSR count). The molecule has 4 nitrogen and oxygen atoms in total. The summed E-state index contributed by atoms with van der Waals surface area (Å²) in [5.41, 5.74) is 1.84. The lowest BCUT2D eigenvalue weighted by Gasteiger charge is -2.21. The number of ether oxygens (including phenoxy) is 1. The van der Waals surface area contributed by atoms with Gasteiger partial charge in [-0.25, -0.2) is 0 Å². The van der Waals surface area contributed by atoms with Crippen LogP contribution in [0.5, 0.6) is 0 Å². The Morgan fingerprint density at radius 2 is 2.22 bits per heavy atom. The molecule has 0 fully saturated rings. The van der Waals surface area contributed by atoms with Crippen LogP contribution in [0.2, 0.25) is 0 Å². The van der Waals surface area contributed by atoms with Crippen LogP contribution in [0.3, 0.4) is 0 Å². The summed E-state index contributed by atoms with van der Waals surface area (Å²) in [6.45, 7) is 5.28. The Balaban J connectivity index is 2.76. The quantitative estimate of drug-likeness (QED) is 0.722. The second kappa shape index (κ2) is 6.77. The van der Waals surface area contributed by atoms with Crippen molar-refractivity contribution in [2.45, 2.75) is 20.0 Å². The lowest BCUT2D eigenvalue weighted by molar-refractivity contribution is 0.0846. The molecule has 1 aromatic carbocycles. The van der Waals surface area contributed by atoms with E-state index in [0.29, 0.717) is 24.3 Å². The number of anilines is 1. The fourth-order valence-corrected chi connectivity index (χ4v) is 1.60. The minimum Gasteiger partial charge on any atom is -0.377 e. The molecule has 0 aliphatic heterocycles. The summed E-state index contributed by atoms with van der Waals surface area (Å²) in [4.78, 5) is 12.6. The normalized spacial score (nSPS) is 10.2. The van der Waals surface area contributed by atoms with E-state index in [2.05, 4.69) is 6.07 Å². The van der Waals surface area contributed by atoms with Crippen molar-refractivity contribution >= 4 is 12.0 Å². The van der Waals surface area contributed by atoms with Gasteiger partial charge >= 0.3 is 0 Å². The summed E-state index contributed by atoms with van der Waals surface area (Å²) in [7, 11) is 1.90. The van der Waals surface area contributed by atoms with Gasteiger partial charge in [0.25, 0.3) is 0 Å². The fraction of sp³-hybridized carbons (Fsp3) is 0.429. The van der Waals surface area contributed by atoms with Gasteiger partial charge in [0.15, 0.2) is 0 Å². The van der Waals surface area contributed by atoms with Crippen LogP contribution in [0.15, 0.2) is 18.2 Å². The van der Waals surface area contributed by atoms with Crippen molar-refractivity contribution in [2.75, 3.05) is 25.1 Å². The first-order valence-corrected chi connectivity index (χ1v) is 5.90. The third-order valence-corrected chi connectivity index (χ3v) is 2.57. The molecule has 0 saturated carbocycles. The summed E-state index contributed by atoms with van der Waals surface area (Å²) in [5, 5.41) is 9.08. The van der Waals surface area contributed by atoms with Crippen LogP contribution in [-0.4, -0.2) is 32.6 Å². The van der Waals surface area contributed by atoms with Gasteiger partial charge in [0.2, 0.25) is 0 Å². The molecule has 0 saturated heterocycles. The fourth-order valence-electron chi connectivity index (χ4n) is 1.60. The molecule has 0 aromatic heterocycles. The van der Waals surface area contributed by atoms with E-state index in [1.165, 1.54) is 0 Å². The van der Waals surface area contributed by atoms with Crippen LogP contribution < -0.4 is 4.90 Å². The first-order valence-electron chi connectivity index (χ1n) is 5.90. The van der Waals surface area contributed by atoms with Crippen molar-refractivity contribution in [3.8, 4) is 6.07 Å². The minimum absolute atomic E-state index is 0.200. The molecule has 1 aromatic rings. The zero-order valence-corrected chi connectivity index (χ0v) is 11.0. The maximum absolute atomic E-state index is 10.7. The van der Waals surface area contributed by atoms with Crippen LogP contribution in [0, 0.1) is 11.3 Å². The predicted octanol–water partition coefficient (Wildman–Crippen LogP) is 2.23. The van der Waals surface area contributed by atoms with E-state index in [4.69, 9.17) is 10.00 Å².